The normalized spacial score (nSPS) is 10.1. The van der Waals surface area contributed by atoms with Crippen LogP contribution in [0.5, 0.6) is 0 Å². The van der Waals surface area contributed by atoms with Gasteiger partial charge < -0.3 is 9.84 Å². The Balaban J connectivity index is 2.95. The van der Waals surface area contributed by atoms with Gasteiger partial charge >= 0.3 is 12.1 Å². The van der Waals surface area contributed by atoms with Gasteiger partial charge in [0.05, 0.1) is 5.56 Å². The highest BCUT2D eigenvalue weighted by atomic mass is 16.6. The number of aromatic carboxylic acids is 1. The standard InChI is InChI=1S/C13H16N2O4/c1-4-7-19-13(18)15(9(2)3)11-6-5-10(8-14-11)12(16)17/h4-6,8-9H,1,7H2,2-3H3,(H,16,17). The van der Waals surface area contributed by atoms with Crippen molar-refractivity contribution in [3.8, 4) is 0 Å². The number of hydrogen-bond donors (Lipinski definition) is 1. The molecule has 0 saturated carbocycles. The van der Waals surface area contributed by atoms with Crippen molar-refractivity contribution in [3.05, 3.63) is 36.5 Å². The Morgan fingerprint density at radius 2 is 2.21 bits per heavy atom. The molecular weight excluding hydrogens is 248 g/mol. The van der Waals surface area contributed by atoms with Crippen molar-refractivity contribution < 1.29 is 19.4 Å². The number of anilines is 1. The zero-order chi connectivity index (χ0) is 14.4. The molecule has 0 bridgehead atoms. The van der Waals surface area contributed by atoms with Gasteiger partial charge in [0.15, 0.2) is 0 Å². The van der Waals surface area contributed by atoms with E-state index in [4.69, 9.17) is 9.84 Å². The first-order valence-electron chi connectivity index (χ1n) is 5.73. The van der Waals surface area contributed by atoms with Crippen LogP contribution in [0.15, 0.2) is 31.0 Å². The molecule has 6 nitrogen and oxygen atoms in total. The monoisotopic (exact) mass is 264 g/mol. The molecule has 0 aliphatic carbocycles. The lowest BCUT2D eigenvalue weighted by molar-refractivity contribution is 0.0696. The lowest BCUT2D eigenvalue weighted by Gasteiger charge is -2.24. The number of amides is 1. The average molecular weight is 264 g/mol. The third-order valence-corrected chi connectivity index (χ3v) is 2.28. The topological polar surface area (TPSA) is 79.7 Å². The molecule has 0 spiro atoms. The first-order chi connectivity index (χ1) is 8.97. The Morgan fingerprint density at radius 3 is 2.63 bits per heavy atom. The smallest absolute Gasteiger partial charge is 0.416 e. The van der Waals surface area contributed by atoms with Crippen molar-refractivity contribution >= 4 is 17.9 Å². The summed E-state index contributed by atoms with van der Waals surface area (Å²) in [5.74, 6) is -0.724. The largest absolute Gasteiger partial charge is 0.478 e. The van der Waals surface area contributed by atoms with E-state index in [0.29, 0.717) is 5.82 Å². The van der Waals surface area contributed by atoms with Crippen LogP contribution < -0.4 is 4.90 Å². The summed E-state index contributed by atoms with van der Waals surface area (Å²) in [5, 5.41) is 8.79. The summed E-state index contributed by atoms with van der Waals surface area (Å²) in [5.41, 5.74) is 0.0620. The molecule has 1 rings (SSSR count). The van der Waals surface area contributed by atoms with E-state index < -0.39 is 12.1 Å². The minimum atomic E-state index is -1.07. The molecule has 102 valence electrons. The Bertz CT molecular complexity index is 468. The van der Waals surface area contributed by atoms with E-state index in [1.165, 1.54) is 29.3 Å². The molecule has 1 N–H and O–H groups in total. The Kier molecular flexibility index (Phi) is 5.05. The van der Waals surface area contributed by atoms with Crippen LogP contribution in [0.4, 0.5) is 10.6 Å². The number of carboxylic acid groups (broad SMARTS) is 1. The second kappa shape index (κ2) is 6.53. The minimum absolute atomic E-state index is 0.0620. The van der Waals surface area contributed by atoms with Gasteiger partial charge in [-0.2, -0.15) is 0 Å². The fraction of sp³-hybridized carbons (Fsp3) is 0.308. The van der Waals surface area contributed by atoms with Crippen molar-refractivity contribution in [2.24, 2.45) is 0 Å². The predicted molar refractivity (Wildman–Crippen MR) is 70.4 cm³/mol. The van der Waals surface area contributed by atoms with E-state index in [2.05, 4.69) is 11.6 Å². The summed E-state index contributed by atoms with van der Waals surface area (Å²) in [6, 6.07) is 2.69. The quantitative estimate of drug-likeness (QED) is 0.825. The molecule has 0 aromatic carbocycles. The number of ether oxygens (including phenoxy) is 1. The van der Waals surface area contributed by atoms with Crippen molar-refractivity contribution in [2.75, 3.05) is 11.5 Å². The Morgan fingerprint density at radius 1 is 1.53 bits per heavy atom. The minimum Gasteiger partial charge on any atom is -0.478 e. The molecule has 0 aliphatic heterocycles. The van der Waals surface area contributed by atoms with Crippen LogP contribution in [0.3, 0.4) is 0 Å². The maximum Gasteiger partial charge on any atom is 0.416 e. The van der Waals surface area contributed by atoms with Crippen LogP contribution in [0, 0.1) is 0 Å². The summed E-state index contributed by atoms with van der Waals surface area (Å²) < 4.78 is 4.96. The number of carbonyl (C=O) groups excluding carboxylic acids is 1. The van der Waals surface area contributed by atoms with Crippen LogP contribution in [0.1, 0.15) is 24.2 Å². The van der Waals surface area contributed by atoms with Crippen molar-refractivity contribution in [2.45, 2.75) is 19.9 Å². The number of carboxylic acids is 1. The van der Waals surface area contributed by atoms with Gasteiger partial charge in [-0.3, -0.25) is 4.90 Å². The van der Waals surface area contributed by atoms with Crippen LogP contribution in [-0.2, 0) is 4.74 Å². The maximum absolute atomic E-state index is 11.9. The molecule has 1 aromatic rings. The van der Waals surface area contributed by atoms with E-state index in [9.17, 15) is 9.59 Å². The number of carbonyl (C=O) groups is 2. The van der Waals surface area contributed by atoms with E-state index in [-0.39, 0.29) is 18.2 Å². The van der Waals surface area contributed by atoms with Gasteiger partial charge in [-0.05, 0) is 26.0 Å². The van der Waals surface area contributed by atoms with Gasteiger partial charge in [-0.15, -0.1) is 0 Å². The van der Waals surface area contributed by atoms with Gasteiger partial charge in [0.25, 0.3) is 0 Å². The van der Waals surface area contributed by atoms with Crippen molar-refractivity contribution in [1.29, 1.82) is 0 Å². The van der Waals surface area contributed by atoms with E-state index in [0.717, 1.165) is 0 Å². The predicted octanol–water partition coefficient (Wildman–Crippen LogP) is 2.32. The van der Waals surface area contributed by atoms with Gasteiger partial charge in [0.1, 0.15) is 12.4 Å². The lowest BCUT2D eigenvalue weighted by atomic mass is 10.2. The van der Waals surface area contributed by atoms with Gasteiger partial charge in [-0.1, -0.05) is 12.7 Å². The molecule has 0 radical (unpaired) electrons. The molecule has 6 heteroatoms. The van der Waals surface area contributed by atoms with Crippen LogP contribution in [-0.4, -0.2) is 34.8 Å². The lowest BCUT2D eigenvalue weighted by Crippen LogP contribution is -2.38. The second-order valence-corrected chi connectivity index (χ2v) is 4.04. The van der Waals surface area contributed by atoms with E-state index in [1.54, 1.807) is 0 Å². The Labute approximate surface area is 111 Å². The van der Waals surface area contributed by atoms with Crippen molar-refractivity contribution in [3.63, 3.8) is 0 Å². The highest BCUT2D eigenvalue weighted by Crippen LogP contribution is 2.16. The highest BCUT2D eigenvalue weighted by molar-refractivity contribution is 5.89. The number of nitrogens with zero attached hydrogens (tertiary/aromatic N) is 2. The highest BCUT2D eigenvalue weighted by Gasteiger charge is 2.21. The third kappa shape index (κ3) is 3.80. The molecule has 1 amide bonds. The molecule has 1 aromatic heterocycles. The number of hydrogen-bond acceptors (Lipinski definition) is 4. The fourth-order valence-corrected chi connectivity index (χ4v) is 1.42. The van der Waals surface area contributed by atoms with Crippen LogP contribution in [0.25, 0.3) is 0 Å². The molecule has 0 unspecified atom stereocenters. The number of rotatable bonds is 5. The first-order valence-corrected chi connectivity index (χ1v) is 5.73. The molecule has 0 saturated heterocycles. The van der Waals surface area contributed by atoms with E-state index >= 15 is 0 Å². The average Bonchev–Trinajstić information content (AvgIpc) is 2.36. The van der Waals surface area contributed by atoms with Crippen molar-refractivity contribution in [1.82, 2.24) is 4.98 Å². The van der Waals surface area contributed by atoms with E-state index in [1.807, 2.05) is 13.8 Å². The Hall–Kier alpha value is -2.37. The second-order valence-electron chi connectivity index (χ2n) is 4.04. The molecular formula is C13H16N2O4. The molecule has 1 heterocycles. The van der Waals surface area contributed by atoms with Gasteiger partial charge in [0.2, 0.25) is 0 Å². The third-order valence-electron chi connectivity index (χ3n) is 2.28. The van der Waals surface area contributed by atoms with Crippen LogP contribution >= 0.6 is 0 Å². The SMILES string of the molecule is C=CCOC(=O)N(c1ccc(C(=O)O)cn1)C(C)C. The van der Waals surface area contributed by atoms with Gasteiger partial charge in [-0.25, -0.2) is 14.6 Å². The summed E-state index contributed by atoms with van der Waals surface area (Å²) in [6.07, 6.45) is 2.12. The molecule has 0 aliphatic rings. The molecule has 0 atom stereocenters. The molecule has 19 heavy (non-hydrogen) atoms. The summed E-state index contributed by atoms with van der Waals surface area (Å²) in [4.78, 5) is 27.9. The summed E-state index contributed by atoms with van der Waals surface area (Å²) in [6.45, 7) is 7.19. The number of aromatic nitrogens is 1. The zero-order valence-corrected chi connectivity index (χ0v) is 10.9. The maximum atomic E-state index is 11.9. The fourth-order valence-electron chi connectivity index (χ4n) is 1.42. The van der Waals surface area contributed by atoms with Gasteiger partial charge in [0, 0.05) is 12.2 Å². The first kappa shape index (κ1) is 14.7. The zero-order valence-electron chi connectivity index (χ0n) is 10.9. The summed E-state index contributed by atoms with van der Waals surface area (Å²) >= 11 is 0. The number of pyridine rings is 1. The van der Waals surface area contributed by atoms with Crippen LogP contribution in [0.2, 0.25) is 0 Å². The molecule has 0 fully saturated rings. The summed E-state index contributed by atoms with van der Waals surface area (Å²) in [7, 11) is 0.